The fourth-order valence-electron chi connectivity index (χ4n) is 3.52. The zero-order chi connectivity index (χ0) is 20.3. The molecular formula is C22H23FN2O3. The number of halogens is 1. The lowest BCUT2D eigenvalue weighted by Gasteiger charge is -2.25. The van der Waals surface area contributed by atoms with Crippen molar-refractivity contribution in [3.63, 3.8) is 0 Å². The van der Waals surface area contributed by atoms with Crippen LogP contribution in [0.4, 0.5) is 9.18 Å². The van der Waals surface area contributed by atoms with Gasteiger partial charge in [0.1, 0.15) is 11.4 Å². The van der Waals surface area contributed by atoms with E-state index in [1.165, 1.54) is 24.3 Å². The van der Waals surface area contributed by atoms with Crippen molar-refractivity contribution in [2.45, 2.75) is 38.6 Å². The van der Waals surface area contributed by atoms with E-state index in [1.807, 2.05) is 12.1 Å². The molecule has 2 aromatic rings. The first-order valence-electron chi connectivity index (χ1n) is 9.43. The molecule has 0 saturated carbocycles. The zero-order valence-electron chi connectivity index (χ0n) is 16.0. The van der Waals surface area contributed by atoms with Crippen LogP contribution in [0.2, 0.25) is 0 Å². The summed E-state index contributed by atoms with van der Waals surface area (Å²) in [4.78, 5) is 39.1. The van der Waals surface area contributed by atoms with Crippen molar-refractivity contribution < 1.29 is 18.8 Å². The normalized spacial score (nSPS) is 19.0. The fraction of sp³-hybridized carbons (Fsp3) is 0.318. The highest BCUT2D eigenvalue weighted by Gasteiger charge is 2.51. The molecule has 1 saturated heterocycles. The van der Waals surface area contributed by atoms with Gasteiger partial charge in [0.2, 0.25) is 0 Å². The van der Waals surface area contributed by atoms with Crippen molar-refractivity contribution in [3.8, 4) is 0 Å². The van der Waals surface area contributed by atoms with E-state index < -0.39 is 23.3 Å². The number of carbonyl (C=O) groups is 3. The summed E-state index contributed by atoms with van der Waals surface area (Å²) in [6.45, 7) is 3.51. The SMILES string of the molecule is CCCc1ccc(C(=O)CN2C(=O)N[C@](CC)(c3ccc(F)cc3)C2=O)cc1. The summed E-state index contributed by atoms with van der Waals surface area (Å²) in [5.74, 6) is -1.23. The Kier molecular flexibility index (Phi) is 5.58. The summed E-state index contributed by atoms with van der Waals surface area (Å²) in [5, 5.41) is 2.70. The van der Waals surface area contributed by atoms with E-state index in [0.717, 1.165) is 23.3 Å². The third kappa shape index (κ3) is 3.54. The summed E-state index contributed by atoms with van der Waals surface area (Å²) >= 11 is 0. The van der Waals surface area contributed by atoms with Gasteiger partial charge >= 0.3 is 6.03 Å². The molecule has 0 aromatic heterocycles. The molecule has 0 unspecified atom stereocenters. The van der Waals surface area contributed by atoms with Gasteiger partial charge in [-0.15, -0.1) is 0 Å². The van der Waals surface area contributed by atoms with Crippen molar-refractivity contribution in [2.24, 2.45) is 0 Å². The molecule has 146 valence electrons. The maximum Gasteiger partial charge on any atom is 0.325 e. The minimum absolute atomic E-state index is 0.291. The average Bonchev–Trinajstić information content (AvgIpc) is 2.94. The van der Waals surface area contributed by atoms with Crippen LogP contribution in [0.3, 0.4) is 0 Å². The molecule has 6 heteroatoms. The first kappa shape index (κ1) is 19.7. The van der Waals surface area contributed by atoms with Gasteiger partial charge in [0.25, 0.3) is 5.91 Å². The van der Waals surface area contributed by atoms with Crippen LogP contribution in [0, 0.1) is 5.82 Å². The second-order valence-electron chi connectivity index (χ2n) is 6.96. The number of rotatable bonds is 7. The topological polar surface area (TPSA) is 66.5 Å². The van der Waals surface area contributed by atoms with Crippen LogP contribution in [0.1, 0.15) is 48.2 Å². The minimum Gasteiger partial charge on any atom is -0.319 e. The number of carbonyl (C=O) groups excluding carboxylic acids is 3. The van der Waals surface area contributed by atoms with E-state index >= 15 is 0 Å². The maximum absolute atomic E-state index is 13.3. The Labute approximate surface area is 163 Å². The smallest absolute Gasteiger partial charge is 0.319 e. The zero-order valence-corrected chi connectivity index (χ0v) is 16.0. The molecule has 0 aliphatic carbocycles. The highest BCUT2D eigenvalue weighted by atomic mass is 19.1. The monoisotopic (exact) mass is 382 g/mol. The molecule has 3 amide bonds. The number of ketones is 1. The number of nitrogens with zero attached hydrogens (tertiary/aromatic N) is 1. The van der Waals surface area contributed by atoms with E-state index in [4.69, 9.17) is 0 Å². The van der Waals surface area contributed by atoms with Crippen molar-refractivity contribution in [3.05, 3.63) is 71.0 Å². The molecule has 1 N–H and O–H groups in total. The molecule has 3 rings (SSSR count). The molecule has 2 aromatic carbocycles. The number of aryl methyl sites for hydroxylation is 1. The Balaban J connectivity index is 1.81. The van der Waals surface area contributed by atoms with Gasteiger partial charge in [-0.3, -0.25) is 14.5 Å². The molecule has 1 aliphatic rings. The van der Waals surface area contributed by atoms with Gasteiger partial charge in [-0.1, -0.05) is 56.7 Å². The Morgan fingerprint density at radius 2 is 1.68 bits per heavy atom. The van der Waals surface area contributed by atoms with Gasteiger partial charge in [0.05, 0.1) is 6.54 Å². The van der Waals surface area contributed by atoms with Gasteiger partial charge in [0.15, 0.2) is 5.78 Å². The van der Waals surface area contributed by atoms with E-state index in [9.17, 15) is 18.8 Å². The van der Waals surface area contributed by atoms with Gasteiger partial charge < -0.3 is 5.32 Å². The highest BCUT2D eigenvalue weighted by molar-refractivity contribution is 6.11. The highest BCUT2D eigenvalue weighted by Crippen LogP contribution is 2.32. The summed E-state index contributed by atoms with van der Waals surface area (Å²) in [6.07, 6.45) is 2.23. The summed E-state index contributed by atoms with van der Waals surface area (Å²) in [7, 11) is 0. The molecule has 1 heterocycles. The Morgan fingerprint density at radius 3 is 2.25 bits per heavy atom. The molecule has 0 bridgehead atoms. The third-order valence-electron chi connectivity index (χ3n) is 5.16. The number of hydrogen-bond acceptors (Lipinski definition) is 3. The molecule has 1 atom stereocenters. The molecule has 1 fully saturated rings. The molecular weight excluding hydrogens is 359 g/mol. The number of urea groups is 1. The average molecular weight is 382 g/mol. The van der Waals surface area contributed by atoms with Crippen LogP contribution in [-0.4, -0.2) is 29.2 Å². The molecule has 1 aliphatic heterocycles. The Hall–Kier alpha value is -3.02. The Bertz CT molecular complexity index is 893. The van der Waals surface area contributed by atoms with Crippen LogP contribution in [0.15, 0.2) is 48.5 Å². The van der Waals surface area contributed by atoms with Crippen LogP contribution in [0.25, 0.3) is 0 Å². The lowest BCUT2D eigenvalue weighted by Crippen LogP contribution is -2.43. The minimum atomic E-state index is -1.28. The lowest BCUT2D eigenvalue weighted by atomic mass is 9.87. The Morgan fingerprint density at radius 1 is 1.04 bits per heavy atom. The van der Waals surface area contributed by atoms with Crippen LogP contribution < -0.4 is 5.32 Å². The first-order valence-corrected chi connectivity index (χ1v) is 9.43. The van der Waals surface area contributed by atoms with Crippen molar-refractivity contribution in [1.82, 2.24) is 10.2 Å². The standard InChI is InChI=1S/C22H23FN2O3/c1-3-5-15-6-8-16(9-7-15)19(26)14-25-20(27)22(4-2,24-21(25)28)17-10-12-18(23)13-11-17/h6-13H,3-5,14H2,1-2H3,(H,24,28)/t22-/m1/s1. The van der Waals surface area contributed by atoms with Crippen LogP contribution >= 0.6 is 0 Å². The fourth-order valence-corrected chi connectivity index (χ4v) is 3.52. The predicted octanol–water partition coefficient (Wildman–Crippen LogP) is 3.82. The predicted molar refractivity (Wildman–Crippen MR) is 103 cm³/mol. The maximum atomic E-state index is 13.3. The second kappa shape index (κ2) is 7.92. The molecule has 0 radical (unpaired) electrons. The van der Waals surface area contributed by atoms with Crippen molar-refractivity contribution >= 4 is 17.7 Å². The largest absolute Gasteiger partial charge is 0.325 e. The number of amides is 3. The van der Waals surface area contributed by atoms with E-state index in [2.05, 4.69) is 12.2 Å². The van der Waals surface area contributed by atoms with Gasteiger partial charge in [-0.25, -0.2) is 9.18 Å². The van der Waals surface area contributed by atoms with Crippen LogP contribution in [-0.2, 0) is 16.8 Å². The van der Waals surface area contributed by atoms with E-state index in [-0.39, 0.29) is 12.3 Å². The summed E-state index contributed by atoms with van der Waals surface area (Å²) in [6, 6.07) is 12.1. The quantitative estimate of drug-likeness (QED) is 0.585. The molecule has 28 heavy (non-hydrogen) atoms. The molecule has 0 spiro atoms. The van der Waals surface area contributed by atoms with Gasteiger partial charge in [-0.05, 0) is 36.1 Å². The number of imide groups is 1. The second-order valence-corrected chi connectivity index (χ2v) is 6.96. The lowest BCUT2D eigenvalue weighted by molar-refractivity contribution is -0.131. The van der Waals surface area contributed by atoms with E-state index in [0.29, 0.717) is 17.5 Å². The molecule has 5 nitrogen and oxygen atoms in total. The number of benzene rings is 2. The van der Waals surface area contributed by atoms with E-state index in [1.54, 1.807) is 19.1 Å². The van der Waals surface area contributed by atoms with Gasteiger partial charge in [-0.2, -0.15) is 0 Å². The number of Topliss-reactive ketones (excluding diaryl/α,β-unsaturated/α-hetero) is 1. The van der Waals surface area contributed by atoms with Crippen molar-refractivity contribution in [2.75, 3.05) is 6.54 Å². The van der Waals surface area contributed by atoms with Gasteiger partial charge in [0, 0.05) is 5.56 Å². The first-order chi connectivity index (χ1) is 13.4. The third-order valence-corrected chi connectivity index (χ3v) is 5.16. The van der Waals surface area contributed by atoms with Crippen LogP contribution in [0.5, 0.6) is 0 Å². The number of hydrogen-bond donors (Lipinski definition) is 1. The number of nitrogens with one attached hydrogen (secondary N) is 1. The summed E-state index contributed by atoms with van der Waals surface area (Å²) < 4.78 is 13.3. The summed E-state index contributed by atoms with van der Waals surface area (Å²) in [5.41, 5.74) is 0.802. The van der Waals surface area contributed by atoms with Crippen molar-refractivity contribution in [1.29, 1.82) is 0 Å².